The molecule has 0 heterocycles. The van der Waals surface area contributed by atoms with E-state index in [4.69, 9.17) is 5.73 Å². The van der Waals surface area contributed by atoms with E-state index in [2.05, 4.69) is 12.2 Å². The normalized spacial score (nSPS) is 31.3. The molecule has 4 heteroatoms. The van der Waals surface area contributed by atoms with Crippen LogP contribution < -0.4 is 11.1 Å². The predicted molar refractivity (Wildman–Crippen MR) is 68.4 cm³/mol. The summed E-state index contributed by atoms with van der Waals surface area (Å²) < 4.78 is 0. The zero-order chi connectivity index (χ0) is 13.1. The second-order valence-corrected chi connectivity index (χ2v) is 5.88. The Bertz CT molecular complexity index is 258. The summed E-state index contributed by atoms with van der Waals surface area (Å²) in [6.45, 7) is 6.08. The summed E-state index contributed by atoms with van der Waals surface area (Å²) in [6.07, 6.45) is 3.80. The van der Waals surface area contributed by atoms with Crippen LogP contribution in [0.5, 0.6) is 0 Å². The van der Waals surface area contributed by atoms with Crippen molar-refractivity contribution < 1.29 is 9.90 Å². The average Bonchev–Trinajstić information content (AvgIpc) is 2.31. The van der Waals surface area contributed by atoms with Crippen molar-refractivity contribution in [3.8, 4) is 0 Å². The Morgan fingerprint density at radius 2 is 2.00 bits per heavy atom. The lowest BCUT2D eigenvalue weighted by atomic mass is 9.77. The van der Waals surface area contributed by atoms with Crippen LogP contribution in [0, 0.1) is 11.8 Å². The van der Waals surface area contributed by atoms with Gasteiger partial charge in [-0.2, -0.15) is 0 Å². The number of hydrogen-bond donors (Lipinski definition) is 3. The standard InChI is InChI=1S/C13H26N2O2/c1-9(2)11(14)12(17)15-13(8-16)6-4-10(3)5-7-13/h9-11,16H,4-8,14H2,1-3H3,(H,15,17)/t10?,11-,13?/m0/s1. The van der Waals surface area contributed by atoms with E-state index in [0.717, 1.165) is 25.7 Å². The van der Waals surface area contributed by atoms with Gasteiger partial charge in [-0.05, 0) is 37.5 Å². The number of nitrogens with one attached hydrogen (secondary N) is 1. The summed E-state index contributed by atoms with van der Waals surface area (Å²) in [5.41, 5.74) is 5.39. The number of hydrogen-bond acceptors (Lipinski definition) is 3. The number of nitrogens with two attached hydrogens (primary N) is 1. The molecule has 0 aliphatic heterocycles. The van der Waals surface area contributed by atoms with Crippen LogP contribution in [0.15, 0.2) is 0 Å². The lowest BCUT2D eigenvalue weighted by molar-refractivity contribution is -0.126. The molecule has 1 fully saturated rings. The molecule has 1 aliphatic rings. The van der Waals surface area contributed by atoms with Crippen molar-refractivity contribution >= 4 is 5.91 Å². The van der Waals surface area contributed by atoms with Gasteiger partial charge in [-0.1, -0.05) is 20.8 Å². The highest BCUT2D eigenvalue weighted by Gasteiger charge is 2.36. The first-order chi connectivity index (χ1) is 7.90. The summed E-state index contributed by atoms with van der Waals surface area (Å²) in [4.78, 5) is 12.0. The van der Waals surface area contributed by atoms with Crippen molar-refractivity contribution in [3.63, 3.8) is 0 Å². The number of amides is 1. The SMILES string of the molecule is CC1CCC(CO)(NC(=O)[C@@H](N)C(C)C)CC1. The first-order valence-corrected chi connectivity index (χ1v) is 6.58. The van der Waals surface area contributed by atoms with E-state index in [9.17, 15) is 9.90 Å². The maximum Gasteiger partial charge on any atom is 0.237 e. The van der Waals surface area contributed by atoms with Crippen LogP contribution in [0.1, 0.15) is 46.5 Å². The molecule has 0 spiro atoms. The fraction of sp³-hybridized carbons (Fsp3) is 0.923. The van der Waals surface area contributed by atoms with Gasteiger partial charge in [0.15, 0.2) is 0 Å². The first-order valence-electron chi connectivity index (χ1n) is 6.58. The van der Waals surface area contributed by atoms with Crippen LogP contribution in [0.2, 0.25) is 0 Å². The molecule has 1 aliphatic carbocycles. The summed E-state index contributed by atoms with van der Waals surface area (Å²) in [5, 5.41) is 12.5. The second kappa shape index (κ2) is 5.83. The molecule has 0 aromatic rings. The van der Waals surface area contributed by atoms with E-state index in [-0.39, 0.29) is 18.4 Å². The number of carbonyl (C=O) groups excluding carboxylic acids is 1. The first kappa shape index (κ1) is 14.5. The molecule has 1 rings (SSSR count). The van der Waals surface area contributed by atoms with E-state index in [1.54, 1.807) is 0 Å². The topological polar surface area (TPSA) is 75.3 Å². The van der Waals surface area contributed by atoms with Crippen LogP contribution in [-0.2, 0) is 4.79 Å². The molecule has 100 valence electrons. The van der Waals surface area contributed by atoms with Crippen molar-refractivity contribution in [1.82, 2.24) is 5.32 Å². The van der Waals surface area contributed by atoms with Crippen molar-refractivity contribution in [2.24, 2.45) is 17.6 Å². The van der Waals surface area contributed by atoms with E-state index in [0.29, 0.717) is 5.92 Å². The predicted octanol–water partition coefficient (Wildman–Crippen LogP) is 1.03. The third kappa shape index (κ3) is 3.68. The molecule has 0 bridgehead atoms. The smallest absolute Gasteiger partial charge is 0.237 e. The maximum absolute atomic E-state index is 12.0. The highest BCUT2D eigenvalue weighted by atomic mass is 16.3. The Morgan fingerprint density at radius 3 is 2.41 bits per heavy atom. The molecule has 0 saturated heterocycles. The summed E-state index contributed by atoms with van der Waals surface area (Å²) in [5.74, 6) is 0.669. The van der Waals surface area contributed by atoms with E-state index >= 15 is 0 Å². The lowest BCUT2D eigenvalue weighted by Crippen LogP contribution is -2.58. The Labute approximate surface area is 104 Å². The average molecular weight is 242 g/mol. The lowest BCUT2D eigenvalue weighted by Gasteiger charge is -2.39. The Hall–Kier alpha value is -0.610. The zero-order valence-corrected chi connectivity index (χ0v) is 11.2. The van der Waals surface area contributed by atoms with Gasteiger partial charge in [0, 0.05) is 0 Å². The largest absolute Gasteiger partial charge is 0.394 e. The van der Waals surface area contributed by atoms with Gasteiger partial charge in [-0.25, -0.2) is 0 Å². The molecule has 1 amide bonds. The minimum absolute atomic E-state index is 0.0102. The van der Waals surface area contributed by atoms with E-state index < -0.39 is 11.6 Å². The highest BCUT2D eigenvalue weighted by Crippen LogP contribution is 2.31. The molecule has 0 aromatic carbocycles. The van der Waals surface area contributed by atoms with Crippen molar-refractivity contribution in [2.45, 2.75) is 58.0 Å². The Morgan fingerprint density at radius 1 is 1.47 bits per heavy atom. The molecule has 1 atom stereocenters. The van der Waals surface area contributed by atoms with Crippen LogP contribution >= 0.6 is 0 Å². The monoisotopic (exact) mass is 242 g/mol. The van der Waals surface area contributed by atoms with Crippen LogP contribution in [-0.4, -0.2) is 29.2 Å². The van der Waals surface area contributed by atoms with E-state index in [1.165, 1.54) is 0 Å². The van der Waals surface area contributed by atoms with E-state index in [1.807, 2.05) is 13.8 Å². The third-order valence-electron chi connectivity index (χ3n) is 3.94. The van der Waals surface area contributed by atoms with Gasteiger partial charge in [0.2, 0.25) is 5.91 Å². The molecular weight excluding hydrogens is 216 g/mol. The van der Waals surface area contributed by atoms with Crippen LogP contribution in [0.4, 0.5) is 0 Å². The summed E-state index contributed by atoms with van der Waals surface area (Å²) in [7, 11) is 0. The minimum atomic E-state index is -0.488. The van der Waals surface area contributed by atoms with Gasteiger partial charge in [0.1, 0.15) is 0 Å². The molecule has 0 aromatic heterocycles. The third-order valence-corrected chi connectivity index (χ3v) is 3.94. The van der Waals surface area contributed by atoms with Crippen molar-refractivity contribution in [2.75, 3.05) is 6.61 Å². The van der Waals surface area contributed by atoms with Crippen molar-refractivity contribution in [1.29, 1.82) is 0 Å². The van der Waals surface area contributed by atoms with Gasteiger partial charge >= 0.3 is 0 Å². The number of rotatable bonds is 4. The molecule has 0 radical (unpaired) electrons. The molecule has 4 nitrogen and oxygen atoms in total. The molecule has 1 saturated carbocycles. The molecular formula is C13H26N2O2. The van der Waals surface area contributed by atoms with Gasteiger partial charge in [-0.15, -0.1) is 0 Å². The van der Waals surface area contributed by atoms with Gasteiger partial charge in [-0.3, -0.25) is 4.79 Å². The van der Waals surface area contributed by atoms with Gasteiger partial charge in [0.05, 0.1) is 18.2 Å². The Kier molecular flexibility index (Phi) is 4.95. The van der Waals surface area contributed by atoms with Crippen molar-refractivity contribution in [3.05, 3.63) is 0 Å². The van der Waals surface area contributed by atoms with Gasteiger partial charge < -0.3 is 16.2 Å². The molecule has 0 unspecified atom stereocenters. The Balaban J connectivity index is 2.60. The van der Waals surface area contributed by atoms with Crippen LogP contribution in [0.25, 0.3) is 0 Å². The summed E-state index contributed by atoms with van der Waals surface area (Å²) >= 11 is 0. The fourth-order valence-electron chi connectivity index (χ4n) is 2.28. The van der Waals surface area contributed by atoms with Crippen LogP contribution in [0.3, 0.4) is 0 Å². The maximum atomic E-state index is 12.0. The quantitative estimate of drug-likeness (QED) is 0.689. The zero-order valence-electron chi connectivity index (χ0n) is 11.2. The molecule has 17 heavy (non-hydrogen) atoms. The minimum Gasteiger partial charge on any atom is -0.394 e. The second-order valence-electron chi connectivity index (χ2n) is 5.88. The molecule has 4 N–H and O–H groups in total. The number of aliphatic hydroxyl groups excluding tert-OH is 1. The number of carbonyl (C=O) groups is 1. The number of aliphatic hydroxyl groups is 1. The van der Waals surface area contributed by atoms with Gasteiger partial charge in [0.25, 0.3) is 0 Å². The fourth-order valence-corrected chi connectivity index (χ4v) is 2.28. The summed E-state index contributed by atoms with van der Waals surface area (Å²) in [6, 6.07) is -0.488. The highest BCUT2D eigenvalue weighted by molar-refractivity contribution is 5.82.